The topological polar surface area (TPSA) is 171 Å². The Bertz CT molecular complexity index is 532. The van der Waals surface area contributed by atoms with Gasteiger partial charge in [-0.25, -0.2) is 4.79 Å². The summed E-state index contributed by atoms with van der Waals surface area (Å²) >= 11 is 5.30. The van der Waals surface area contributed by atoms with Crippen molar-refractivity contribution in [1.29, 1.82) is 0 Å². The number of amides is 3. The Hall–Kier alpha value is -1.50. The van der Waals surface area contributed by atoms with Crippen LogP contribution in [0.4, 0.5) is 0 Å². The van der Waals surface area contributed by atoms with Gasteiger partial charge in [0.15, 0.2) is 0 Å². The molecule has 156 valence electrons. The Morgan fingerprint density at radius 2 is 1.59 bits per heavy atom. The first-order chi connectivity index (χ1) is 12.5. The molecule has 27 heavy (non-hydrogen) atoms. The number of carbonyl (C=O) groups excluding carboxylic acids is 3. The third kappa shape index (κ3) is 9.31. The number of carbonyl (C=O) groups is 4. The molecule has 10 nitrogen and oxygen atoms in total. The number of carboxylic acid groups (broad SMARTS) is 1. The molecule has 12 heteroatoms. The molecule has 0 saturated carbocycles. The number of thioether (sulfide) groups is 1. The van der Waals surface area contributed by atoms with Crippen molar-refractivity contribution in [2.45, 2.75) is 50.5 Å². The summed E-state index contributed by atoms with van der Waals surface area (Å²) in [5.41, 5.74) is 5.49. The summed E-state index contributed by atoms with van der Waals surface area (Å²) in [4.78, 5) is 47.6. The Morgan fingerprint density at radius 3 is 2.00 bits per heavy atom. The van der Waals surface area contributed by atoms with E-state index in [0.717, 1.165) is 0 Å². The number of hydrogen-bond donors (Lipinski definition) is 7. The lowest BCUT2D eigenvalue weighted by Crippen LogP contribution is -2.60. The van der Waals surface area contributed by atoms with Gasteiger partial charge < -0.3 is 31.9 Å². The van der Waals surface area contributed by atoms with Gasteiger partial charge in [0, 0.05) is 5.75 Å². The number of nitrogens with one attached hydrogen (secondary N) is 3. The number of thiol groups is 1. The second-order valence-corrected chi connectivity index (χ2v) is 7.29. The minimum Gasteiger partial charge on any atom is -0.480 e. The molecule has 0 saturated heterocycles. The normalized spacial score (nSPS) is 16.4. The molecule has 7 N–H and O–H groups in total. The van der Waals surface area contributed by atoms with E-state index in [1.807, 2.05) is 6.26 Å². The number of nitrogens with two attached hydrogens (primary N) is 1. The van der Waals surface area contributed by atoms with Crippen molar-refractivity contribution in [3.05, 3.63) is 0 Å². The summed E-state index contributed by atoms with van der Waals surface area (Å²) < 4.78 is 0. The highest BCUT2D eigenvalue weighted by molar-refractivity contribution is 7.98. The minimum atomic E-state index is -1.40. The molecule has 0 spiro atoms. The van der Waals surface area contributed by atoms with Crippen LogP contribution in [-0.4, -0.2) is 81.9 Å². The van der Waals surface area contributed by atoms with Crippen molar-refractivity contribution in [3.8, 4) is 0 Å². The number of aliphatic carboxylic acids is 1. The molecular weight excluding hydrogens is 396 g/mol. The summed E-state index contributed by atoms with van der Waals surface area (Å²) in [6, 6.07) is -4.45. The van der Waals surface area contributed by atoms with Crippen LogP contribution in [0.3, 0.4) is 0 Å². The average molecular weight is 425 g/mol. The molecule has 0 aromatic carbocycles. The summed E-state index contributed by atoms with van der Waals surface area (Å²) in [6.07, 6.45) is 0.819. The van der Waals surface area contributed by atoms with Crippen molar-refractivity contribution < 1.29 is 29.4 Å². The lowest BCUT2D eigenvalue weighted by Gasteiger charge is -2.26. The Kier molecular flexibility index (Phi) is 12.1. The van der Waals surface area contributed by atoms with Crippen LogP contribution >= 0.6 is 24.4 Å². The third-order valence-electron chi connectivity index (χ3n) is 3.52. The maximum absolute atomic E-state index is 12.5. The third-order valence-corrected chi connectivity index (χ3v) is 4.53. The van der Waals surface area contributed by atoms with Gasteiger partial charge in [0.05, 0.1) is 12.1 Å². The molecule has 0 heterocycles. The molecule has 5 atom stereocenters. The van der Waals surface area contributed by atoms with Crippen LogP contribution in [0.2, 0.25) is 0 Å². The zero-order chi connectivity index (χ0) is 21.1. The molecule has 3 amide bonds. The van der Waals surface area contributed by atoms with Crippen LogP contribution < -0.4 is 21.7 Å². The van der Waals surface area contributed by atoms with E-state index in [-0.39, 0.29) is 12.2 Å². The predicted molar refractivity (Wildman–Crippen MR) is 106 cm³/mol. The number of aliphatic hydroxyl groups is 1. The summed E-state index contributed by atoms with van der Waals surface area (Å²) in [5.74, 6) is -2.99. The number of carboxylic acids is 1. The van der Waals surface area contributed by atoms with E-state index in [4.69, 9.17) is 10.8 Å². The van der Waals surface area contributed by atoms with E-state index in [9.17, 15) is 24.3 Å². The fraction of sp³-hybridized carbons (Fsp3) is 0.733. The van der Waals surface area contributed by atoms with Gasteiger partial charge in [-0.15, -0.1) is 0 Å². The highest BCUT2D eigenvalue weighted by atomic mass is 32.2. The highest BCUT2D eigenvalue weighted by Gasteiger charge is 2.31. The fourth-order valence-electron chi connectivity index (χ4n) is 1.91. The van der Waals surface area contributed by atoms with Crippen LogP contribution in [0.5, 0.6) is 0 Å². The quantitative estimate of drug-likeness (QED) is 0.175. The van der Waals surface area contributed by atoms with Gasteiger partial charge >= 0.3 is 5.97 Å². The fourth-order valence-corrected chi connectivity index (χ4v) is 2.63. The lowest BCUT2D eigenvalue weighted by atomic mass is 10.1. The van der Waals surface area contributed by atoms with E-state index in [0.29, 0.717) is 5.75 Å². The molecule has 0 aliphatic rings. The molecule has 5 unspecified atom stereocenters. The minimum absolute atomic E-state index is 0.164. The highest BCUT2D eigenvalue weighted by Crippen LogP contribution is 2.04. The van der Waals surface area contributed by atoms with Crippen LogP contribution in [0.1, 0.15) is 20.3 Å². The van der Waals surface area contributed by atoms with Gasteiger partial charge in [-0.2, -0.15) is 24.4 Å². The van der Waals surface area contributed by atoms with Crippen LogP contribution in [0, 0.1) is 0 Å². The second kappa shape index (κ2) is 12.8. The van der Waals surface area contributed by atoms with Crippen LogP contribution in [0.25, 0.3) is 0 Å². The monoisotopic (exact) mass is 424 g/mol. The first-order valence-corrected chi connectivity index (χ1v) is 10.2. The smallest absolute Gasteiger partial charge is 0.327 e. The average Bonchev–Trinajstić information content (AvgIpc) is 2.59. The zero-order valence-corrected chi connectivity index (χ0v) is 17.2. The SMILES string of the molecule is CSCCC(NC(=O)C(C)N)C(=O)NC(C(=O)NC(CS)C(=O)O)C(C)O. The van der Waals surface area contributed by atoms with E-state index >= 15 is 0 Å². The lowest BCUT2D eigenvalue weighted by molar-refractivity contribution is -0.142. The summed E-state index contributed by atoms with van der Waals surface area (Å²) in [7, 11) is 0. The van der Waals surface area contributed by atoms with E-state index in [1.165, 1.54) is 25.6 Å². The molecule has 0 aromatic heterocycles. The van der Waals surface area contributed by atoms with Crippen molar-refractivity contribution in [2.75, 3.05) is 17.8 Å². The van der Waals surface area contributed by atoms with E-state index in [1.54, 1.807) is 0 Å². The molecule has 0 fully saturated rings. The van der Waals surface area contributed by atoms with Crippen molar-refractivity contribution in [3.63, 3.8) is 0 Å². The maximum atomic E-state index is 12.5. The van der Waals surface area contributed by atoms with Crippen molar-refractivity contribution in [1.82, 2.24) is 16.0 Å². The van der Waals surface area contributed by atoms with Gasteiger partial charge in [0.2, 0.25) is 17.7 Å². The van der Waals surface area contributed by atoms with Crippen LogP contribution in [-0.2, 0) is 19.2 Å². The van der Waals surface area contributed by atoms with Gasteiger partial charge in [-0.1, -0.05) is 0 Å². The maximum Gasteiger partial charge on any atom is 0.327 e. The first kappa shape index (κ1) is 25.5. The van der Waals surface area contributed by atoms with Gasteiger partial charge in [0.1, 0.15) is 18.1 Å². The second-order valence-electron chi connectivity index (χ2n) is 5.94. The number of hydrogen-bond acceptors (Lipinski definition) is 8. The number of rotatable bonds is 12. The largest absolute Gasteiger partial charge is 0.480 e. The molecule has 0 rings (SSSR count). The van der Waals surface area contributed by atoms with Gasteiger partial charge in [-0.05, 0) is 32.3 Å². The van der Waals surface area contributed by atoms with E-state index in [2.05, 4.69) is 28.6 Å². The Morgan fingerprint density at radius 1 is 1.04 bits per heavy atom. The molecule has 0 radical (unpaired) electrons. The van der Waals surface area contributed by atoms with Gasteiger partial charge in [-0.3, -0.25) is 14.4 Å². The van der Waals surface area contributed by atoms with E-state index < -0.39 is 54.0 Å². The molecule has 0 bridgehead atoms. The Balaban J connectivity index is 5.20. The van der Waals surface area contributed by atoms with Crippen molar-refractivity contribution >= 4 is 48.1 Å². The number of aliphatic hydroxyl groups excluding tert-OH is 1. The molecule has 0 aliphatic heterocycles. The molecular formula is C15H28N4O6S2. The van der Waals surface area contributed by atoms with Crippen LogP contribution in [0.15, 0.2) is 0 Å². The predicted octanol–water partition coefficient (Wildman–Crippen LogP) is -2.06. The van der Waals surface area contributed by atoms with Gasteiger partial charge in [0.25, 0.3) is 0 Å². The summed E-state index contributed by atoms with van der Waals surface area (Å²) in [6.45, 7) is 2.74. The molecule has 0 aliphatic carbocycles. The zero-order valence-electron chi connectivity index (χ0n) is 15.5. The first-order valence-electron chi connectivity index (χ1n) is 8.22. The molecule has 0 aromatic rings. The standard InChI is InChI=1S/C15H28N4O6S2/c1-7(16)12(21)17-9(4-5-27-3)13(22)19-11(8(2)20)14(23)18-10(6-26)15(24)25/h7-11,20,26H,4-6,16H2,1-3H3,(H,17,21)(H,18,23)(H,19,22)(H,24,25). The van der Waals surface area contributed by atoms with Crippen molar-refractivity contribution in [2.24, 2.45) is 5.73 Å². The Labute approximate surface area is 167 Å². The summed E-state index contributed by atoms with van der Waals surface area (Å²) in [5, 5.41) is 25.9.